The van der Waals surface area contributed by atoms with E-state index in [0.717, 1.165) is 35.6 Å². The van der Waals surface area contributed by atoms with Gasteiger partial charge in [0.1, 0.15) is 11.8 Å². The van der Waals surface area contributed by atoms with Gasteiger partial charge in [-0.05, 0) is 18.4 Å². The Labute approximate surface area is 146 Å². The zero-order valence-electron chi connectivity index (χ0n) is 13.1. The summed E-state index contributed by atoms with van der Waals surface area (Å²) in [5.74, 6) is -0.480. The second kappa shape index (κ2) is 6.27. The third kappa shape index (κ3) is 2.75. The van der Waals surface area contributed by atoms with Crippen molar-refractivity contribution in [2.24, 2.45) is 5.11 Å². The van der Waals surface area contributed by atoms with Gasteiger partial charge in [0.2, 0.25) is 0 Å². The van der Waals surface area contributed by atoms with Crippen LogP contribution < -0.4 is 9.80 Å². The number of fused-ring (bicyclic) bond motifs is 2. The molecule has 0 saturated carbocycles. The van der Waals surface area contributed by atoms with E-state index < -0.39 is 23.8 Å². The molecule has 1 aromatic rings. The molecule has 0 aliphatic carbocycles. The summed E-state index contributed by atoms with van der Waals surface area (Å²) in [5, 5.41) is 3.48. The van der Waals surface area contributed by atoms with Gasteiger partial charge in [-0.25, -0.2) is 13.6 Å². The quantitative estimate of drug-likeness (QED) is 0.462. The monoisotopic (exact) mass is 367 g/mol. The highest BCUT2D eigenvalue weighted by Crippen LogP contribution is 2.46. The van der Waals surface area contributed by atoms with Crippen molar-refractivity contribution in [3.05, 3.63) is 34.2 Å². The van der Waals surface area contributed by atoms with Gasteiger partial charge in [-0.15, -0.1) is 11.8 Å². The van der Waals surface area contributed by atoms with Gasteiger partial charge in [-0.1, -0.05) is 5.11 Å². The number of halogens is 2. The topological polar surface area (TPSA) is 81.5 Å². The van der Waals surface area contributed by atoms with E-state index in [1.54, 1.807) is 11.8 Å². The SMILES string of the molecule is [N-]=[N+]=NCC1CN(c2cc(F)c(N3C4CCC3SC4)c(F)c2)C(=O)O1. The highest BCUT2D eigenvalue weighted by Gasteiger charge is 2.43. The molecule has 0 radical (unpaired) electrons. The van der Waals surface area contributed by atoms with Crippen LogP contribution in [0.5, 0.6) is 0 Å². The molecule has 0 N–H and O–H groups in total. The first kappa shape index (κ1) is 16.3. The average molecular weight is 367 g/mol. The number of carbonyl (C=O) groups is 1. The average Bonchev–Trinajstić information content (AvgIpc) is 3.27. The van der Waals surface area contributed by atoms with Crippen molar-refractivity contribution in [3.8, 4) is 0 Å². The van der Waals surface area contributed by atoms with Crippen LogP contribution in [0.25, 0.3) is 10.4 Å². The van der Waals surface area contributed by atoms with E-state index >= 15 is 0 Å². The number of thioether (sulfide) groups is 1. The van der Waals surface area contributed by atoms with Gasteiger partial charge in [0.15, 0.2) is 11.6 Å². The number of rotatable bonds is 4. The number of anilines is 2. The first-order valence-corrected chi connectivity index (χ1v) is 9.01. The molecule has 1 aromatic carbocycles. The number of amides is 1. The van der Waals surface area contributed by atoms with Crippen molar-refractivity contribution in [1.82, 2.24) is 0 Å². The van der Waals surface area contributed by atoms with E-state index in [4.69, 9.17) is 10.3 Å². The molecule has 1 amide bonds. The minimum atomic E-state index is -0.707. The van der Waals surface area contributed by atoms with Gasteiger partial charge in [-0.3, -0.25) is 4.90 Å². The Kier molecular flexibility index (Phi) is 4.09. The summed E-state index contributed by atoms with van der Waals surface area (Å²) in [5.41, 5.74) is 8.42. The molecule has 7 nitrogen and oxygen atoms in total. The fourth-order valence-electron chi connectivity index (χ4n) is 3.63. The summed E-state index contributed by atoms with van der Waals surface area (Å²) >= 11 is 1.72. The van der Waals surface area contributed by atoms with Crippen molar-refractivity contribution in [1.29, 1.82) is 0 Å². The maximum absolute atomic E-state index is 14.7. The number of benzene rings is 1. The lowest BCUT2D eigenvalue weighted by molar-refractivity contribution is 0.145. The Morgan fingerprint density at radius 3 is 2.68 bits per heavy atom. The van der Waals surface area contributed by atoms with E-state index in [9.17, 15) is 13.6 Å². The minimum Gasteiger partial charge on any atom is -0.444 e. The van der Waals surface area contributed by atoms with E-state index in [-0.39, 0.29) is 35.9 Å². The number of hydrogen-bond donors (Lipinski definition) is 0. The second-order valence-corrected chi connectivity index (χ2v) is 7.43. The largest absolute Gasteiger partial charge is 0.444 e. The summed E-state index contributed by atoms with van der Waals surface area (Å²) in [6, 6.07) is 2.49. The van der Waals surface area contributed by atoms with Crippen molar-refractivity contribution < 1.29 is 18.3 Å². The lowest BCUT2D eigenvalue weighted by Crippen LogP contribution is -2.31. The molecule has 2 bridgehead atoms. The van der Waals surface area contributed by atoms with E-state index in [1.807, 2.05) is 4.90 Å². The molecule has 3 atom stereocenters. The molecular weight excluding hydrogens is 352 g/mol. The van der Waals surface area contributed by atoms with Crippen molar-refractivity contribution in [2.45, 2.75) is 30.4 Å². The first-order valence-electron chi connectivity index (χ1n) is 7.96. The normalized spacial score (nSPS) is 27.6. The highest BCUT2D eigenvalue weighted by atomic mass is 32.2. The van der Waals surface area contributed by atoms with Gasteiger partial charge < -0.3 is 9.64 Å². The van der Waals surface area contributed by atoms with Crippen LogP contribution in [0.2, 0.25) is 0 Å². The number of azide groups is 1. The molecule has 10 heteroatoms. The third-order valence-corrected chi connectivity index (χ3v) is 6.15. The number of ether oxygens (including phenoxy) is 1. The summed E-state index contributed by atoms with van der Waals surface area (Å²) < 4.78 is 34.4. The number of hydrogen-bond acceptors (Lipinski definition) is 5. The Bertz CT molecular complexity index is 729. The predicted molar refractivity (Wildman–Crippen MR) is 89.7 cm³/mol. The predicted octanol–water partition coefficient (Wildman–Crippen LogP) is 3.64. The third-order valence-electron chi connectivity index (χ3n) is 4.73. The minimum absolute atomic E-state index is 0.0144. The molecule has 3 unspecified atom stereocenters. The first-order chi connectivity index (χ1) is 12.1. The van der Waals surface area contributed by atoms with Crippen LogP contribution in [-0.2, 0) is 4.74 Å². The fraction of sp³-hybridized carbons (Fsp3) is 0.533. The van der Waals surface area contributed by atoms with Gasteiger partial charge >= 0.3 is 6.09 Å². The maximum Gasteiger partial charge on any atom is 0.414 e. The zero-order chi connectivity index (χ0) is 17.6. The van der Waals surface area contributed by atoms with Crippen LogP contribution in [0, 0.1) is 11.6 Å². The molecule has 25 heavy (non-hydrogen) atoms. The van der Waals surface area contributed by atoms with Gasteiger partial charge in [0.05, 0.1) is 24.2 Å². The summed E-state index contributed by atoms with van der Waals surface area (Å²) in [6.45, 7) is 0.0665. The molecule has 3 heterocycles. The molecule has 3 saturated heterocycles. The van der Waals surface area contributed by atoms with Crippen LogP contribution in [-0.4, -0.2) is 42.5 Å². The molecule has 132 valence electrons. The highest BCUT2D eigenvalue weighted by molar-refractivity contribution is 8.00. The smallest absolute Gasteiger partial charge is 0.414 e. The lowest BCUT2D eigenvalue weighted by atomic mass is 10.2. The van der Waals surface area contributed by atoms with Crippen LogP contribution in [0.4, 0.5) is 25.0 Å². The van der Waals surface area contributed by atoms with E-state index in [2.05, 4.69) is 10.0 Å². The van der Waals surface area contributed by atoms with Crippen LogP contribution in [0.15, 0.2) is 17.2 Å². The molecule has 3 aliphatic rings. The van der Waals surface area contributed by atoms with E-state index in [1.165, 1.54) is 0 Å². The molecule has 3 fully saturated rings. The number of nitrogens with zero attached hydrogens (tertiary/aromatic N) is 5. The van der Waals surface area contributed by atoms with Crippen LogP contribution in [0.1, 0.15) is 12.8 Å². The van der Waals surface area contributed by atoms with Gasteiger partial charge in [0, 0.05) is 28.8 Å². The van der Waals surface area contributed by atoms with Crippen LogP contribution in [0.3, 0.4) is 0 Å². The summed E-state index contributed by atoms with van der Waals surface area (Å²) in [7, 11) is 0. The van der Waals surface area contributed by atoms with Crippen molar-refractivity contribution in [3.63, 3.8) is 0 Å². The van der Waals surface area contributed by atoms with E-state index in [0.29, 0.717) is 0 Å². The summed E-state index contributed by atoms with van der Waals surface area (Å²) in [6.07, 6.45) is 0.536. The fourth-order valence-corrected chi connectivity index (χ4v) is 5.15. The Balaban J connectivity index is 1.60. The molecular formula is C15H15F2N5O2S. The Morgan fingerprint density at radius 1 is 1.36 bits per heavy atom. The molecule has 4 rings (SSSR count). The van der Waals surface area contributed by atoms with Crippen LogP contribution >= 0.6 is 11.8 Å². The van der Waals surface area contributed by atoms with Gasteiger partial charge in [0.25, 0.3) is 0 Å². The maximum atomic E-state index is 14.7. The molecule has 0 aromatic heterocycles. The summed E-state index contributed by atoms with van der Waals surface area (Å²) in [4.78, 5) is 17.5. The molecule has 0 spiro atoms. The standard InChI is InChI=1S/C15H15F2N5O2S/c16-11-3-9(21-6-10(5-19-20-18)24-15(21)23)4-12(17)14(11)22-8-1-2-13(22)25-7-8/h3-4,8,10,13H,1-2,5-7H2. The van der Waals surface area contributed by atoms with Gasteiger partial charge in [-0.2, -0.15) is 0 Å². The second-order valence-electron chi connectivity index (χ2n) is 6.21. The number of carbonyl (C=O) groups excluding carboxylic acids is 1. The molecule has 3 aliphatic heterocycles. The number of cyclic esters (lactones) is 1. The lowest BCUT2D eigenvalue weighted by Gasteiger charge is -2.25. The van der Waals surface area contributed by atoms with Crippen molar-refractivity contribution in [2.75, 3.05) is 28.6 Å². The Morgan fingerprint density at radius 2 is 2.12 bits per heavy atom. The zero-order valence-corrected chi connectivity index (χ0v) is 14.0. The van der Waals surface area contributed by atoms with Crippen molar-refractivity contribution >= 4 is 29.2 Å². The Hall–Kier alpha value is -2.19.